The van der Waals surface area contributed by atoms with Crippen LogP contribution in [0.25, 0.3) is 0 Å². The van der Waals surface area contributed by atoms with E-state index < -0.39 is 18.1 Å². The lowest BCUT2D eigenvalue weighted by molar-refractivity contribution is -0.0470. The van der Waals surface area contributed by atoms with E-state index in [1.54, 1.807) is 11.1 Å². The predicted molar refractivity (Wildman–Crippen MR) is 107 cm³/mol. The molecule has 0 saturated carbocycles. The monoisotopic (exact) mass is 440 g/mol. The average molecular weight is 441 g/mol. The highest BCUT2D eigenvalue weighted by atomic mass is 35.5. The summed E-state index contributed by atoms with van der Waals surface area (Å²) < 4.78 is 42.7. The molecule has 9 heteroatoms. The number of piperidine rings is 1. The molecule has 2 aromatic rings. The zero-order valence-electron chi connectivity index (χ0n) is 16.3. The summed E-state index contributed by atoms with van der Waals surface area (Å²) >= 11 is 6.14. The summed E-state index contributed by atoms with van der Waals surface area (Å²) in [6.45, 7) is 0.902. The van der Waals surface area contributed by atoms with Crippen molar-refractivity contribution in [2.24, 2.45) is 0 Å². The van der Waals surface area contributed by atoms with E-state index in [-0.39, 0.29) is 31.0 Å². The van der Waals surface area contributed by atoms with E-state index in [9.17, 15) is 13.6 Å². The highest BCUT2D eigenvalue weighted by molar-refractivity contribution is 6.32. The largest absolute Gasteiger partial charge is 0.486 e. The molecule has 2 aliphatic heterocycles. The van der Waals surface area contributed by atoms with Crippen molar-refractivity contribution in [3.05, 3.63) is 58.9 Å². The molecule has 1 aromatic carbocycles. The van der Waals surface area contributed by atoms with Crippen LogP contribution in [0.4, 0.5) is 8.78 Å². The van der Waals surface area contributed by atoms with Gasteiger partial charge < -0.3 is 19.1 Å². The molecular formula is C21H23ClF2N2O4. The Hall–Kier alpha value is -2.29. The van der Waals surface area contributed by atoms with Crippen LogP contribution in [0.1, 0.15) is 30.8 Å². The van der Waals surface area contributed by atoms with Gasteiger partial charge in [-0.1, -0.05) is 17.7 Å². The van der Waals surface area contributed by atoms with Gasteiger partial charge in [0.2, 0.25) is 0 Å². The number of pyridine rings is 1. The van der Waals surface area contributed by atoms with Crippen LogP contribution < -0.4 is 4.74 Å². The van der Waals surface area contributed by atoms with Gasteiger partial charge in [0.05, 0.1) is 17.3 Å². The molecule has 2 aliphatic rings. The number of rotatable bonds is 5. The SMILES string of the molecule is CC(F)(F)COc1ccc(C(=O)N2CC[C@]3(c4ccccn4)OCO[C@@H]3C2)cc1Cl.[HH]. The molecule has 2 atom stereocenters. The maximum Gasteiger partial charge on any atom is 0.278 e. The van der Waals surface area contributed by atoms with Crippen molar-refractivity contribution in [3.63, 3.8) is 0 Å². The van der Waals surface area contributed by atoms with Crippen LogP contribution in [0.15, 0.2) is 42.6 Å². The van der Waals surface area contributed by atoms with Crippen LogP contribution in [-0.2, 0) is 15.1 Å². The van der Waals surface area contributed by atoms with Gasteiger partial charge in [0.1, 0.15) is 24.2 Å². The normalized spacial score (nSPS) is 23.9. The smallest absolute Gasteiger partial charge is 0.278 e. The molecule has 4 rings (SSSR count). The lowest BCUT2D eigenvalue weighted by Crippen LogP contribution is -2.53. The van der Waals surface area contributed by atoms with Crippen molar-refractivity contribution in [2.45, 2.75) is 31.0 Å². The summed E-state index contributed by atoms with van der Waals surface area (Å²) in [6.07, 6.45) is 1.91. The zero-order valence-corrected chi connectivity index (χ0v) is 17.1. The number of hydrogen-bond acceptors (Lipinski definition) is 5. The molecule has 2 fully saturated rings. The first-order chi connectivity index (χ1) is 14.3. The second-order valence-electron chi connectivity index (χ2n) is 7.53. The molecule has 30 heavy (non-hydrogen) atoms. The molecule has 0 radical (unpaired) electrons. The van der Waals surface area contributed by atoms with Gasteiger partial charge in [-0.15, -0.1) is 0 Å². The molecule has 0 bridgehead atoms. The topological polar surface area (TPSA) is 60.9 Å². The van der Waals surface area contributed by atoms with Crippen LogP contribution in [-0.4, -0.2) is 54.3 Å². The van der Waals surface area contributed by atoms with Crippen LogP contribution in [0.5, 0.6) is 5.75 Å². The fraction of sp³-hybridized carbons (Fsp3) is 0.429. The van der Waals surface area contributed by atoms with Crippen molar-refractivity contribution >= 4 is 17.5 Å². The Bertz CT molecular complexity index is 931. The first-order valence-corrected chi connectivity index (χ1v) is 9.93. The molecule has 0 aliphatic carbocycles. The van der Waals surface area contributed by atoms with E-state index in [4.69, 9.17) is 25.8 Å². The number of alkyl halides is 2. The number of likely N-dealkylation sites (tertiary alicyclic amines) is 1. The van der Waals surface area contributed by atoms with Gasteiger partial charge in [-0.05, 0) is 30.3 Å². The quantitative estimate of drug-likeness (QED) is 0.699. The molecule has 6 nitrogen and oxygen atoms in total. The summed E-state index contributed by atoms with van der Waals surface area (Å²) in [5.41, 5.74) is 0.468. The van der Waals surface area contributed by atoms with Gasteiger partial charge in [-0.25, -0.2) is 8.78 Å². The maximum atomic E-state index is 13.0. The predicted octanol–water partition coefficient (Wildman–Crippen LogP) is 4.13. The molecule has 1 aromatic heterocycles. The van der Waals surface area contributed by atoms with Crippen molar-refractivity contribution in [1.29, 1.82) is 0 Å². The Labute approximate surface area is 179 Å². The maximum absolute atomic E-state index is 13.0. The lowest BCUT2D eigenvalue weighted by Gasteiger charge is -2.41. The van der Waals surface area contributed by atoms with Crippen LogP contribution in [0.2, 0.25) is 5.02 Å². The van der Waals surface area contributed by atoms with E-state index in [1.165, 1.54) is 18.2 Å². The second kappa shape index (κ2) is 8.09. The lowest BCUT2D eigenvalue weighted by atomic mass is 9.85. The minimum absolute atomic E-state index is 0. The number of fused-ring (bicyclic) bond motifs is 1. The molecule has 162 valence electrons. The third-order valence-corrected chi connectivity index (χ3v) is 5.59. The zero-order chi connectivity index (χ0) is 21.4. The van der Waals surface area contributed by atoms with Crippen molar-refractivity contribution in [2.75, 3.05) is 26.5 Å². The van der Waals surface area contributed by atoms with E-state index in [0.717, 1.165) is 12.6 Å². The Morgan fingerprint density at radius 1 is 1.43 bits per heavy atom. The fourth-order valence-electron chi connectivity index (χ4n) is 3.78. The molecule has 0 spiro atoms. The minimum Gasteiger partial charge on any atom is -0.486 e. The number of hydrogen-bond donors (Lipinski definition) is 0. The fourth-order valence-corrected chi connectivity index (χ4v) is 4.01. The first-order valence-electron chi connectivity index (χ1n) is 9.55. The summed E-state index contributed by atoms with van der Waals surface area (Å²) in [7, 11) is 0. The Balaban J connectivity index is 0.00000272. The van der Waals surface area contributed by atoms with Crippen LogP contribution in [0, 0.1) is 0 Å². The first kappa shape index (κ1) is 21.0. The van der Waals surface area contributed by atoms with Gasteiger partial charge in [-0.3, -0.25) is 9.78 Å². The third kappa shape index (κ3) is 4.12. The number of amides is 1. The number of benzene rings is 1. The van der Waals surface area contributed by atoms with E-state index in [0.29, 0.717) is 25.1 Å². The summed E-state index contributed by atoms with van der Waals surface area (Å²) in [5, 5.41) is 0.102. The van der Waals surface area contributed by atoms with Crippen molar-refractivity contribution in [3.8, 4) is 5.75 Å². The van der Waals surface area contributed by atoms with E-state index in [1.807, 2.05) is 18.2 Å². The number of carbonyl (C=O) groups is 1. The van der Waals surface area contributed by atoms with E-state index in [2.05, 4.69) is 4.98 Å². The van der Waals surface area contributed by atoms with Gasteiger partial charge in [0.25, 0.3) is 11.8 Å². The number of halogens is 3. The minimum atomic E-state index is -2.98. The van der Waals surface area contributed by atoms with Gasteiger partial charge in [-0.2, -0.15) is 0 Å². The number of aromatic nitrogens is 1. The Morgan fingerprint density at radius 2 is 2.27 bits per heavy atom. The Kier molecular flexibility index (Phi) is 5.65. The summed E-state index contributed by atoms with van der Waals surface area (Å²) in [5.74, 6) is -3.10. The van der Waals surface area contributed by atoms with Crippen molar-refractivity contribution < 1.29 is 29.2 Å². The van der Waals surface area contributed by atoms with Crippen molar-refractivity contribution in [1.82, 2.24) is 9.88 Å². The number of ether oxygens (including phenoxy) is 3. The molecule has 3 heterocycles. The second-order valence-corrected chi connectivity index (χ2v) is 7.93. The average Bonchev–Trinajstić information content (AvgIpc) is 3.16. The third-order valence-electron chi connectivity index (χ3n) is 5.29. The van der Waals surface area contributed by atoms with Gasteiger partial charge in [0.15, 0.2) is 6.61 Å². The van der Waals surface area contributed by atoms with Crippen LogP contribution in [0.3, 0.4) is 0 Å². The van der Waals surface area contributed by atoms with Crippen LogP contribution >= 0.6 is 11.6 Å². The van der Waals surface area contributed by atoms with Gasteiger partial charge >= 0.3 is 0 Å². The molecular weight excluding hydrogens is 418 g/mol. The van der Waals surface area contributed by atoms with E-state index >= 15 is 0 Å². The molecule has 0 unspecified atom stereocenters. The molecule has 2 saturated heterocycles. The summed E-state index contributed by atoms with van der Waals surface area (Å²) in [4.78, 5) is 19.1. The molecule has 0 N–H and O–H groups in total. The standard InChI is InChI=1S/C21H21ClF2N2O4.H2/c1-20(23,24)12-28-16-6-5-14(10-15(16)22)19(27)26-9-7-21(17-4-2-3-8-25-17)18(11-26)29-13-30-21;/h2-6,8,10,18H,7,9,11-13H2,1H3;1H/t18-,21-;/m1./s1. The molecule has 1 amide bonds. The van der Waals surface area contributed by atoms with Gasteiger partial charge in [0, 0.05) is 33.1 Å². The highest BCUT2D eigenvalue weighted by Gasteiger charge is 2.52. The highest BCUT2D eigenvalue weighted by Crippen LogP contribution is 2.42. The Morgan fingerprint density at radius 3 is 2.97 bits per heavy atom. The summed E-state index contributed by atoms with van der Waals surface area (Å²) in [6, 6.07) is 10.0. The number of nitrogens with zero attached hydrogens (tertiary/aromatic N) is 2. The number of carbonyl (C=O) groups excluding carboxylic acids is 1.